The van der Waals surface area contributed by atoms with Crippen LogP contribution in [-0.2, 0) is 21.5 Å². The molecule has 7 heteroatoms. The summed E-state index contributed by atoms with van der Waals surface area (Å²) in [5.74, 6) is 1.27. The van der Waals surface area contributed by atoms with E-state index in [9.17, 15) is 9.59 Å². The third-order valence-corrected chi connectivity index (χ3v) is 7.92. The maximum atomic E-state index is 13.4. The zero-order chi connectivity index (χ0) is 26.7. The molecule has 0 radical (unpaired) electrons. The second-order valence-corrected chi connectivity index (χ2v) is 9.94. The number of benzene rings is 2. The van der Waals surface area contributed by atoms with E-state index < -0.39 is 11.4 Å². The Morgan fingerprint density at radius 1 is 1.03 bits per heavy atom. The Morgan fingerprint density at radius 2 is 1.68 bits per heavy atom. The monoisotopic (exact) mass is 512 g/mol. The standard InChI is InChI=1S/C31H33N3O4/c1-3-37-29(35)28-17-16-27(38-28)21-33-18-19-34(22(33)2)26-15-14-25(20-26)31(30(32)36,23-10-6-4-7-11-23)24-12-8-5-9-13-24/h4-13,16-19,25-26H,3,14-15,20-21H2,1-2H3,(H-,32,36)/p+1. The number of aromatic nitrogens is 2. The maximum Gasteiger partial charge on any atom is 0.374 e. The van der Waals surface area contributed by atoms with Gasteiger partial charge in [-0.2, -0.15) is 0 Å². The van der Waals surface area contributed by atoms with Gasteiger partial charge in [0.25, 0.3) is 5.82 Å². The Bertz CT molecular complexity index is 1370. The fourth-order valence-electron chi connectivity index (χ4n) is 6.14. The van der Waals surface area contributed by atoms with Crippen molar-refractivity contribution in [2.45, 2.75) is 51.1 Å². The Kier molecular flexibility index (Phi) is 7.18. The number of ether oxygens (including phenoxy) is 1. The molecule has 0 bridgehead atoms. The summed E-state index contributed by atoms with van der Waals surface area (Å²) >= 11 is 0. The van der Waals surface area contributed by atoms with Gasteiger partial charge in [-0.1, -0.05) is 60.7 Å². The fraction of sp³-hybridized carbons (Fsp3) is 0.323. The molecule has 1 amide bonds. The number of carbonyl (C=O) groups is 2. The third kappa shape index (κ3) is 4.53. The van der Waals surface area contributed by atoms with Gasteiger partial charge in [-0.25, -0.2) is 13.9 Å². The molecule has 0 saturated heterocycles. The van der Waals surface area contributed by atoms with Gasteiger partial charge < -0.3 is 14.9 Å². The lowest BCUT2D eigenvalue weighted by Crippen LogP contribution is -2.47. The Hall–Kier alpha value is -4.13. The van der Waals surface area contributed by atoms with Gasteiger partial charge in [0.2, 0.25) is 11.7 Å². The molecular weight excluding hydrogens is 478 g/mol. The van der Waals surface area contributed by atoms with Crippen LogP contribution in [0.25, 0.3) is 0 Å². The van der Waals surface area contributed by atoms with Gasteiger partial charge >= 0.3 is 5.97 Å². The van der Waals surface area contributed by atoms with Crippen LogP contribution in [0.3, 0.4) is 0 Å². The minimum absolute atomic E-state index is 0.0576. The molecule has 0 aliphatic heterocycles. The molecule has 2 unspecified atom stereocenters. The van der Waals surface area contributed by atoms with Crippen molar-refractivity contribution in [3.8, 4) is 0 Å². The highest BCUT2D eigenvalue weighted by atomic mass is 16.5. The van der Waals surface area contributed by atoms with Crippen molar-refractivity contribution in [2.75, 3.05) is 6.61 Å². The van der Waals surface area contributed by atoms with Crippen LogP contribution >= 0.6 is 0 Å². The number of rotatable bonds is 9. The number of primary amides is 1. The highest BCUT2D eigenvalue weighted by Crippen LogP contribution is 2.49. The third-order valence-electron chi connectivity index (χ3n) is 7.92. The van der Waals surface area contributed by atoms with E-state index in [0.717, 1.165) is 36.2 Å². The topological polar surface area (TPSA) is 91.3 Å². The number of nitrogens with zero attached hydrogens (tertiary/aromatic N) is 2. The van der Waals surface area contributed by atoms with Crippen molar-refractivity contribution >= 4 is 11.9 Å². The molecule has 196 valence electrons. The largest absolute Gasteiger partial charge is 0.460 e. The zero-order valence-corrected chi connectivity index (χ0v) is 21.9. The lowest BCUT2D eigenvalue weighted by Gasteiger charge is -2.37. The first-order chi connectivity index (χ1) is 18.4. The molecule has 1 aliphatic rings. The molecule has 5 rings (SSSR count). The SMILES string of the molecule is CCOC(=O)c1ccc(C[n+]2ccn(C3CCC(C(C(N)=O)(c4ccccc4)c4ccccc4)C3)c2C)o1. The van der Waals surface area contributed by atoms with E-state index in [2.05, 4.69) is 22.3 Å². The van der Waals surface area contributed by atoms with E-state index in [0.29, 0.717) is 18.9 Å². The van der Waals surface area contributed by atoms with Crippen molar-refractivity contribution in [1.82, 2.24) is 4.57 Å². The summed E-state index contributed by atoms with van der Waals surface area (Å²) in [5, 5.41) is 0. The number of furan rings is 1. The van der Waals surface area contributed by atoms with Crippen LogP contribution in [0.15, 0.2) is 89.6 Å². The summed E-state index contributed by atoms with van der Waals surface area (Å²) < 4.78 is 15.1. The van der Waals surface area contributed by atoms with Crippen LogP contribution in [0.5, 0.6) is 0 Å². The first kappa shape index (κ1) is 25.5. The minimum Gasteiger partial charge on any atom is -0.460 e. The summed E-state index contributed by atoms with van der Waals surface area (Å²) in [4.78, 5) is 25.3. The van der Waals surface area contributed by atoms with E-state index in [1.165, 1.54) is 0 Å². The van der Waals surface area contributed by atoms with E-state index >= 15 is 0 Å². The van der Waals surface area contributed by atoms with Crippen LogP contribution in [0.1, 0.15) is 65.5 Å². The molecule has 2 N–H and O–H groups in total. The van der Waals surface area contributed by atoms with E-state index in [1.807, 2.05) is 72.9 Å². The fourth-order valence-corrected chi connectivity index (χ4v) is 6.14. The number of esters is 1. The van der Waals surface area contributed by atoms with Gasteiger partial charge in [-0.15, -0.1) is 0 Å². The molecule has 0 spiro atoms. The van der Waals surface area contributed by atoms with Crippen LogP contribution in [0, 0.1) is 12.8 Å². The van der Waals surface area contributed by atoms with Crippen LogP contribution in [0.2, 0.25) is 0 Å². The van der Waals surface area contributed by atoms with Gasteiger partial charge in [0.1, 0.15) is 36.2 Å². The van der Waals surface area contributed by atoms with Gasteiger partial charge in [0, 0.05) is 6.92 Å². The summed E-state index contributed by atoms with van der Waals surface area (Å²) in [6.07, 6.45) is 6.79. The summed E-state index contributed by atoms with van der Waals surface area (Å²) in [6, 6.07) is 23.6. The molecule has 2 aromatic carbocycles. The smallest absolute Gasteiger partial charge is 0.374 e. The number of hydrogen-bond donors (Lipinski definition) is 1. The van der Waals surface area contributed by atoms with Gasteiger partial charge in [0.15, 0.2) is 0 Å². The molecule has 1 saturated carbocycles. The summed E-state index contributed by atoms with van der Waals surface area (Å²) in [6.45, 7) is 4.66. The summed E-state index contributed by atoms with van der Waals surface area (Å²) in [7, 11) is 0. The Morgan fingerprint density at radius 3 is 2.29 bits per heavy atom. The molecule has 2 atom stereocenters. The van der Waals surface area contributed by atoms with E-state index in [-0.39, 0.29) is 23.6 Å². The quantitative estimate of drug-likeness (QED) is 0.260. The molecule has 2 aromatic heterocycles. The molecule has 38 heavy (non-hydrogen) atoms. The molecule has 4 aromatic rings. The normalized spacial score (nSPS) is 17.4. The van der Waals surface area contributed by atoms with Crippen LogP contribution in [-0.4, -0.2) is 23.1 Å². The predicted molar refractivity (Wildman–Crippen MR) is 142 cm³/mol. The Balaban J connectivity index is 1.41. The van der Waals surface area contributed by atoms with Gasteiger partial charge in [-0.3, -0.25) is 4.79 Å². The average Bonchev–Trinajstić information content (AvgIpc) is 3.68. The second kappa shape index (κ2) is 10.7. The van der Waals surface area contributed by atoms with Gasteiger partial charge in [-0.05, 0) is 55.4 Å². The first-order valence-corrected chi connectivity index (χ1v) is 13.2. The molecule has 7 nitrogen and oxygen atoms in total. The number of imidazole rings is 1. The van der Waals surface area contributed by atoms with Crippen molar-refractivity contribution in [2.24, 2.45) is 11.7 Å². The van der Waals surface area contributed by atoms with E-state index in [1.54, 1.807) is 13.0 Å². The predicted octanol–water partition coefficient (Wildman–Crippen LogP) is 4.71. The van der Waals surface area contributed by atoms with Crippen molar-refractivity contribution in [1.29, 1.82) is 0 Å². The average molecular weight is 513 g/mol. The minimum atomic E-state index is -0.897. The molecule has 1 fully saturated rings. The zero-order valence-electron chi connectivity index (χ0n) is 21.9. The van der Waals surface area contributed by atoms with Gasteiger partial charge in [0.05, 0.1) is 6.61 Å². The highest BCUT2D eigenvalue weighted by molar-refractivity contribution is 5.91. The summed E-state index contributed by atoms with van der Waals surface area (Å²) in [5.41, 5.74) is 7.26. The van der Waals surface area contributed by atoms with Crippen molar-refractivity contribution in [3.05, 3.63) is 114 Å². The number of hydrogen-bond acceptors (Lipinski definition) is 4. The van der Waals surface area contributed by atoms with Crippen LogP contribution < -0.4 is 10.3 Å². The molecule has 1 aliphatic carbocycles. The number of nitrogens with two attached hydrogens (primary N) is 1. The highest BCUT2D eigenvalue weighted by Gasteiger charge is 2.51. The second-order valence-electron chi connectivity index (χ2n) is 9.94. The lowest BCUT2D eigenvalue weighted by molar-refractivity contribution is -0.695. The first-order valence-electron chi connectivity index (χ1n) is 13.2. The lowest BCUT2D eigenvalue weighted by atomic mass is 9.64. The van der Waals surface area contributed by atoms with Crippen molar-refractivity contribution in [3.63, 3.8) is 0 Å². The van der Waals surface area contributed by atoms with E-state index in [4.69, 9.17) is 14.9 Å². The Labute approximate surface area is 222 Å². The molecule has 2 heterocycles. The number of carbonyl (C=O) groups excluding carboxylic acids is 2. The number of amides is 1. The maximum absolute atomic E-state index is 13.4. The van der Waals surface area contributed by atoms with Crippen molar-refractivity contribution < 1.29 is 23.3 Å². The van der Waals surface area contributed by atoms with Crippen LogP contribution in [0.4, 0.5) is 0 Å². The molecular formula is C31H34N3O4+.